The number of rotatable bonds is 2. The summed E-state index contributed by atoms with van der Waals surface area (Å²) < 4.78 is 0. The van der Waals surface area contributed by atoms with Crippen molar-refractivity contribution in [3.05, 3.63) is 68.7 Å². The number of carboxylic acid groups (broad SMARTS) is 1. The molecular formula is C18H9Cl3N2O2. The lowest BCUT2D eigenvalue weighted by atomic mass is 10.0. The lowest BCUT2D eigenvalue weighted by Gasteiger charge is -2.21. The Hall–Kier alpha value is -2.27. The lowest BCUT2D eigenvalue weighted by Crippen LogP contribution is -2.20. The van der Waals surface area contributed by atoms with Crippen LogP contribution in [0.4, 0.5) is 11.4 Å². The molecule has 1 aliphatic rings. The van der Waals surface area contributed by atoms with Crippen molar-refractivity contribution in [2.24, 2.45) is 4.99 Å². The zero-order valence-electron chi connectivity index (χ0n) is 12.5. The van der Waals surface area contributed by atoms with Crippen molar-refractivity contribution in [1.29, 1.82) is 0 Å². The number of nitrogens with zero attached hydrogens (tertiary/aromatic N) is 1. The molecule has 0 radical (unpaired) electrons. The third-order valence-corrected chi connectivity index (χ3v) is 5.26. The van der Waals surface area contributed by atoms with Gasteiger partial charge in [0.15, 0.2) is 0 Å². The van der Waals surface area contributed by atoms with E-state index >= 15 is 0 Å². The number of carboxylic acids is 1. The first-order valence-electron chi connectivity index (χ1n) is 7.26. The molecule has 0 aromatic heterocycles. The number of nitrogens with one attached hydrogen (secondary N) is 1. The van der Waals surface area contributed by atoms with E-state index in [0.717, 1.165) is 22.1 Å². The van der Waals surface area contributed by atoms with Crippen molar-refractivity contribution in [2.75, 3.05) is 5.32 Å². The SMILES string of the molecule is O=C(O)c1cc(Cl)c(Cl)c(Cl)c1C1=Nc2cccc3cccc(c23)N1. The first kappa shape index (κ1) is 16.2. The number of hydrogen-bond donors (Lipinski definition) is 2. The molecule has 0 aliphatic carbocycles. The largest absolute Gasteiger partial charge is 0.478 e. The van der Waals surface area contributed by atoms with Gasteiger partial charge >= 0.3 is 5.97 Å². The van der Waals surface area contributed by atoms with Crippen molar-refractivity contribution < 1.29 is 9.90 Å². The molecule has 0 atom stereocenters. The van der Waals surface area contributed by atoms with Crippen LogP contribution in [0.1, 0.15) is 15.9 Å². The molecule has 7 heteroatoms. The molecule has 0 spiro atoms. The van der Waals surface area contributed by atoms with E-state index in [2.05, 4.69) is 10.3 Å². The van der Waals surface area contributed by atoms with Crippen molar-refractivity contribution in [2.45, 2.75) is 0 Å². The third kappa shape index (κ3) is 2.54. The minimum Gasteiger partial charge on any atom is -0.478 e. The Labute approximate surface area is 157 Å². The molecule has 0 saturated heterocycles. The molecule has 3 aromatic carbocycles. The maximum Gasteiger partial charge on any atom is 0.336 e. The van der Waals surface area contributed by atoms with Crippen LogP contribution in [0.25, 0.3) is 10.8 Å². The number of halogens is 3. The van der Waals surface area contributed by atoms with Crippen molar-refractivity contribution in [1.82, 2.24) is 0 Å². The summed E-state index contributed by atoms with van der Waals surface area (Å²) in [5, 5.41) is 14.9. The summed E-state index contributed by atoms with van der Waals surface area (Å²) in [5.41, 5.74) is 1.67. The van der Waals surface area contributed by atoms with E-state index in [-0.39, 0.29) is 26.2 Å². The maximum absolute atomic E-state index is 11.7. The van der Waals surface area contributed by atoms with Gasteiger partial charge in [-0.15, -0.1) is 0 Å². The monoisotopic (exact) mass is 390 g/mol. The van der Waals surface area contributed by atoms with Crippen LogP contribution < -0.4 is 5.32 Å². The maximum atomic E-state index is 11.7. The molecule has 3 aromatic rings. The summed E-state index contributed by atoms with van der Waals surface area (Å²) in [5.74, 6) is -0.857. The second-order valence-electron chi connectivity index (χ2n) is 5.48. The minimum atomic E-state index is -1.17. The number of anilines is 1. The average Bonchev–Trinajstić information content (AvgIpc) is 2.59. The second-order valence-corrected chi connectivity index (χ2v) is 6.64. The topological polar surface area (TPSA) is 61.7 Å². The summed E-state index contributed by atoms with van der Waals surface area (Å²) in [6.45, 7) is 0. The average molecular weight is 392 g/mol. The fraction of sp³-hybridized carbons (Fsp3) is 0. The van der Waals surface area contributed by atoms with E-state index in [1.54, 1.807) is 0 Å². The van der Waals surface area contributed by atoms with Crippen LogP contribution in [0.5, 0.6) is 0 Å². The molecule has 0 saturated carbocycles. The van der Waals surface area contributed by atoms with Gasteiger partial charge in [0, 0.05) is 11.1 Å². The van der Waals surface area contributed by atoms with Crippen LogP contribution in [0.2, 0.25) is 15.1 Å². The highest BCUT2D eigenvalue weighted by molar-refractivity contribution is 6.50. The summed E-state index contributed by atoms with van der Waals surface area (Å²) >= 11 is 18.4. The van der Waals surface area contributed by atoms with Crippen molar-refractivity contribution >= 4 is 68.8 Å². The molecular weight excluding hydrogens is 383 g/mol. The standard InChI is InChI=1S/C18H9Cl3N2O2/c19-10-7-9(18(24)25)14(16(21)15(10)20)17-22-11-5-1-3-8-4-2-6-12(23-17)13(8)11/h1-7H,(H,22,23)(H,24,25). The Morgan fingerprint density at radius 2 is 1.76 bits per heavy atom. The van der Waals surface area contributed by atoms with E-state index in [4.69, 9.17) is 34.8 Å². The van der Waals surface area contributed by atoms with E-state index in [1.165, 1.54) is 6.07 Å². The molecule has 0 amide bonds. The fourth-order valence-corrected chi connectivity index (χ4v) is 3.60. The highest BCUT2D eigenvalue weighted by atomic mass is 35.5. The van der Waals surface area contributed by atoms with Gasteiger partial charge in [0.2, 0.25) is 0 Å². The Morgan fingerprint density at radius 3 is 2.48 bits per heavy atom. The Balaban J connectivity index is 2.01. The van der Waals surface area contributed by atoms with Gasteiger partial charge in [-0.1, -0.05) is 59.1 Å². The molecule has 124 valence electrons. The van der Waals surface area contributed by atoms with Crippen LogP contribution >= 0.6 is 34.8 Å². The Bertz CT molecular complexity index is 1090. The molecule has 0 unspecified atom stereocenters. The fourth-order valence-electron chi connectivity index (χ4n) is 2.91. The van der Waals surface area contributed by atoms with Gasteiger partial charge in [0.1, 0.15) is 5.84 Å². The van der Waals surface area contributed by atoms with Crippen LogP contribution in [0.15, 0.2) is 47.5 Å². The predicted molar refractivity (Wildman–Crippen MR) is 102 cm³/mol. The zero-order chi connectivity index (χ0) is 17.7. The van der Waals surface area contributed by atoms with Crippen molar-refractivity contribution in [3.63, 3.8) is 0 Å². The summed E-state index contributed by atoms with van der Waals surface area (Å²) in [7, 11) is 0. The molecule has 2 N–H and O–H groups in total. The molecule has 0 bridgehead atoms. The van der Waals surface area contributed by atoms with Gasteiger partial charge in [-0.2, -0.15) is 0 Å². The number of aliphatic imine (C=N–C) groups is 1. The predicted octanol–water partition coefficient (Wildman–Crippen LogP) is 6.00. The normalized spacial score (nSPS) is 12.7. The Morgan fingerprint density at radius 1 is 1.04 bits per heavy atom. The van der Waals surface area contributed by atoms with Crippen LogP contribution in [-0.4, -0.2) is 16.9 Å². The number of benzene rings is 3. The van der Waals surface area contributed by atoms with Crippen molar-refractivity contribution in [3.8, 4) is 0 Å². The first-order chi connectivity index (χ1) is 12.0. The van der Waals surface area contributed by atoms with Gasteiger partial charge in [0.25, 0.3) is 0 Å². The minimum absolute atomic E-state index is 0.0457. The zero-order valence-corrected chi connectivity index (χ0v) is 14.7. The first-order valence-corrected chi connectivity index (χ1v) is 8.39. The molecule has 1 aliphatic heterocycles. The van der Waals surface area contributed by atoms with Gasteiger partial charge in [-0.25, -0.2) is 9.79 Å². The molecule has 1 heterocycles. The van der Waals surface area contributed by atoms with Gasteiger partial charge in [-0.05, 0) is 23.6 Å². The summed E-state index contributed by atoms with van der Waals surface area (Å²) in [6.07, 6.45) is 0. The van der Waals surface area contributed by atoms with Crippen LogP contribution in [0.3, 0.4) is 0 Å². The molecule has 0 fully saturated rings. The lowest BCUT2D eigenvalue weighted by molar-refractivity contribution is 0.0696. The Kier molecular flexibility index (Phi) is 3.84. The number of hydrogen-bond acceptors (Lipinski definition) is 3. The molecule has 4 rings (SSSR count). The number of aromatic carboxylic acids is 1. The van der Waals surface area contributed by atoms with Gasteiger partial charge in [-0.3, -0.25) is 0 Å². The van der Waals surface area contributed by atoms with Gasteiger partial charge in [0.05, 0.1) is 31.9 Å². The highest BCUT2D eigenvalue weighted by Crippen LogP contribution is 2.40. The smallest absolute Gasteiger partial charge is 0.336 e. The highest BCUT2D eigenvalue weighted by Gasteiger charge is 2.25. The van der Waals surface area contributed by atoms with E-state index in [9.17, 15) is 9.90 Å². The van der Waals surface area contributed by atoms with E-state index in [0.29, 0.717) is 5.84 Å². The summed E-state index contributed by atoms with van der Waals surface area (Å²) in [6, 6.07) is 12.8. The van der Waals surface area contributed by atoms with E-state index in [1.807, 2.05) is 36.4 Å². The number of carbonyl (C=O) groups is 1. The molecule has 4 nitrogen and oxygen atoms in total. The summed E-state index contributed by atoms with van der Waals surface area (Å²) in [4.78, 5) is 16.2. The quantitative estimate of drug-likeness (QED) is 0.526. The molecule has 25 heavy (non-hydrogen) atoms. The second kappa shape index (κ2) is 5.92. The number of amidine groups is 1. The third-order valence-electron chi connectivity index (χ3n) is 4.00. The van der Waals surface area contributed by atoms with Crippen LogP contribution in [0, 0.1) is 0 Å². The van der Waals surface area contributed by atoms with E-state index < -0.39 is 5.97 Å². The van der Waals surface area contributed by atoms with Gasteiger partial charge < -0.3 is 10.4 Å². The van der Waals surface area contributed by atoms with Crippen LogP contribution in [-0.2, 0) is 0 Å².